The predicted molar refractivity (Wildman–Crippen MR) is 79.2 cm³/mol. The minimum atomic E-state index is 0.0803. The minimum Gasteiger partial charge on any atom is -0.381 e. The van der Waals surface area contributed by atoms with Crippen LogP contribution in [0.25, 0.3) is 0 Å². The molecular formula is C15H27N3O3. The maximum Gasteiger partial charge on any atom is 0.234 e. The first-order valence-electron chi connectivity index (χ1n) is 8.25. The van der Waals surface area contributed by atoms with E-state index in [1.807, 2.05) is 0 Å². The van der Waals surface area contributed by atoms with E-state index in [9.17, 15) is 4.79 Å². The van der Waals surface area contributed by atoms with Gasteiger partial charge in [-0.2, -0.15) is 0 Å². The quantitative estimate of drug-likeness (QED) is 0.732. The Kier molecular flexibility index (Phi) is 5.46. The summed E-state index contributed by atoms with van der Waals surface area (Å²) < 4.78 is 11.2. The first kappa shape index (κ1) is 15.2. The summed E-state index contributed by atoms with van der Waals surface area (Å²) >= 11 is 0. The molecule has 3 heterocycles. The number of carbonyl (C=O) groups excluding carboxylic acids is 1. The first-order chi connectivity index (χ1) is 10.3. The van der Waals surface area contributed by atoms with Crippen molar-refractivity contribution >= 4 is 5.91 Å². The Morgan fingerprint density at radius 2 is 2.10 bits per heavy atom. The van der Waals surface area contributed by atoms with Crippen LogP contribution in [0.5, 0.6) is 0 Å². The molecule has 6 nitrogen and oxygen atoms in total. The van der Waals surface area contributed by atoms with E-state index in [-0.39, 0.29) is 18.1 Å². The Hall–Kier alpha value is -0.690. The molecule has 21 heavy (non-hydrogen) atoms. The largest absolute Gasteiger partial charge is 0.381 e. The number of hydrogen-bond acceptors (Lipinski definition) is 5. The summed E-state index contributed by atoms with van der Waals surface area (Å²) in [6, 6.07) is 0.919. The Balaban J connectivity index is 1.29. The fraction of sp³-hybridized carbons (Fsp3) is 0.933. The van der Waals surface area contributed by atoms with Crippen LogP contribution in [0.4, 0.5) is 0 Å². The highest BCUT2D eigenvalue weighted by Gasteiger charge is 2.31. The van der Waals surface area contributed by atoms with Crippen molar-refractivity contribution in [1.29, 1.82) is 0 Å². The number of nitrogens with one attached hydrogen (secondary N) is 2. The van der Waals surface area contributed by atoms with Crippen molar-refractivity contribution in [3.63, 3.8) is 0 Å². The number of fused-ring (bicyclic) bond motifs is 1. The van der Waals surface area contributed by atoms with Crippen molar-refractivity contribution in [3.8, 4) is 0 Å². The van der Waals surface area contributed by atoms with E-state index in [4.69, 9.17) is 9.47 Å². The van der Waals surface area contributed by atoms with Crippen molar-refractivity contribution in [2.75, 3.05) is 46.0 Å². The lowest BCUT2D eigenvalue weighted by Crippen LogP contribution is -2.50. The summed E-state index contributed by atoms with van der Waals surface area (Å²) in [7, 11) is 0. The molecule has 120 valence electrons. The van der Waals surface area contributed by atoms with Crippen LogP contribution in [0, 0.1) is 0 Å². The Labute approximate surface area is 126 Å². The molecule has 6 heteroatoms. The second-order valence-corrected chi connectivity index (χ2v) is 6.33. The minimum absolute atomic E-state index is 0.0803. The van der Waals surface area contributed by atoms with Gasteiger partial charge in [-0.25, -0.2) is 0 Å². The van der Waals surface area contributed by atoms with Gasteiger partial charge in [-0.05, 0) is 32.2 Å². The van der Waals surface area contributed by atoms with Gasteiger partial charge in [0.1, 0.15) is 0 Å². The van der Waals surface area contributed by atoms with E-state index in [0.29, 0.717) is 12.6 Å². The van der Waals surface area contributed by atoms with E-state index >= 15 is 0 Å². The van der Waals surface area contributed by atoms with Gasteiger partial charge >= 0.3 is 0 Å². The standard InChI is InChI=1S/C15H27N3O3/c19-15(17-12-3-6-20-7-4-12)9-16-8-14-10-18-5-1-2-13(18)11-21-14/h12-14,16H,1-11H2,(H,17,19). The Morgan fingerprint density at radius 3 is 2.95 bits per heavy atom. The molecule has 3 rings (SSSR count). The molecule has 2 N–H and O–H groups in total. The summed E-state index contributed by atoms with van der Waals surface area (Å²) in [6.45, 7) is 5.69. The highest BCUT2D eigenvalue weighted by molar-refractivity contribution is 5.78. The van der Waals surface area contributed by atoms with Crippen molar-refractivity contribution in [1.82, 2.24) is 15.5 Å². The zero-order valence-corrected chi connectivity index (χ0v) is 12.7. The SMILES string of the molecule is O=C(CNCC1CN2CCCC2CO1)NC1CCOCC1. The zero-order chi connectivity index (χ0) is 14.5. The van der Waals surface area contributed by atoms with Gasteiger partial charge in [0, 0.05) is 38.4 Å². The maximum atomic E-state index is 11.9. The third-order valence-corrected chi connectivity index (χ3v) is 4.71. The second-order valence-electron chi connectivity index (χ2n) is 6.33. The molecule has 0 aliphatic carbocycles. The molecule has 0 saturated carbocycles. The molecule has 3 saturated heterocycles. The summed E-state index contributed by atoms with van der Waals surface area (Å²) in [4.78, 5) is 14.4. The molecule has 0 aromatic heterocycles. The Morgan fingerprint density at radius 1 is 1.24 bits per heavy atom. The number of amides is 1. The molecule has 0 aromatic rings. The fourth-order valence-electron chi connectivity index (χ4n) is 3.48. The molecule has 3 fully saturated rings. The topological polar surface area (TPSA) is 62.8 Å². The molecule has 2 unspecified atom stereocenters. The summed E-state index contributed by atoms with van der Waals surface area (Å²) in [5, 5.41) is 6.29. The normalized spacial score (nSPS) is 31.0. The first-order valence-corrected chi connectivity index (χ1v) is 8.25. The van der Waals surface area contributed by atoms with Crippen molar-refractivity contribution in [2.45, 2.75) is 43.9 Å². The van der Waals surface area contributed by atoms with E-state index in [2.05, 4.69) is 15.5 Å². The van der Waals surface area contributed by atoms with Crippen molar-refractivity contribution < 1.29 is 14.3 Å². The monoisotopic (exact) mass is 297 g/mol. The average molecular weight is 297 g/mol. The molecule has 1 amide bonds. The number of carbonyl (C=O) groups is 1. The van der Waals surface area contributed by atoms with Crippen LogP contribution in [0.3, 0.4) is 0 Å². The predicted octanol–water partition coefficient (Wildman–Crippen LogP) is -0.266. The van der Waals surface area contributed by atoms with Gasteiger partial charge in [-0.1, -0.05) is 0 Å². The van der Waals surface area contributed by atoms with E-state index in [1.165, 1.54) is 19.4 Å². The van der Waals surface area contributed by atoms with Crippen LogP contribution >= 0.6 is 0 Å². The van der Waals surface area contributed by atoms with Crippen LogP contribution in [0.15, 0.2) is 0 Å². The number of ether oxygens (including phenoxy) is 2. The van der Waals surface area contributed by atoms with Gasteiger partial charge in [-0.15, -0.1) is 0 Å². The van der Waals surface area contributed by atoms with Crippen LogP contribution in [-0.4, -0.2) is 75.0 Å². The van der Waals surface area contributed by atoms with Crippen LogP contribution in [0.2, 0.25) is 0 Å². The number of rotatable bonds is 5. The maximum absolute atomic E-state index is 11.9. The lowest BCUT2D eigenvalue weighted by atomic mass is 10.1. The number of hydrogen-bond donors (Lipinski definition) is 2. The Bertz CT molecular complexity index is 347. The fourth-order valence-corrected chi connectivity index (χ4v) is 3.48. The van der Waals surface area contributed by atoms with Crippen molar-refractivity contribution in [3.05, 3.63) is 0 Å². The zero-order valence-electron chi connectivity index (χ0n) is 12.7. The third-order valence-electron chi connectivity index (χ3n) is 4.71. The second kappa shape index (κ2) is 7.54. The van der Waals surface area contributed by atoms with Gasteiger partial charge in [0.2, 0.25) is 5.91 Å². The molecule has 2 atom stereocenters. The molecule has 0 spiro atoms. The lowest BCUT2D eigenvalue weighted by molar-refractivity contribution is -0.121. The molecule has 0 bridgehead atoms. The highest BCUT2D eigenvalue weighted by Crippen LogP contribution is 2.22. The lowest BCUT2D eigenvalue weighted by Gasteiger charge is -2.35. The van der Waals surface area contributed by atoms with Crippen LogP contribution in [0.1, 0.15) is 25.7 Å². The summed E-state index contributed by atoms with van der Waals surface area (Å²) in [5.74, 6) is 0.0803. The van der Waals surface area contributed by atoms with Gasteiger partial charge in [0.05, 0.1) is 19.3 Å². The van der Waals surface area contributed by atoms with Gasteiger partial charge in [0.25, 0.3) is 0 Å². The van der Waals surface area contributed by atoms with E-state index < -0.39 is 0 Å². The molecular weight excluding hydrogens is 270 g/mol. The molecule has 3 aliphatic heterocycles. The molecule has 0 aromatic carbocycles. The van der Waals surface area contributed by atoms with E-state index in [0.717, 1.165) is 45.8 Å². The average Bonchev–Trinajstić information content (AvgIpc) is 2.96. The summed E-state index contributed by atoms with van der Waals surface area (Å²) in [6.07, 6.45) is 4.63. The van der Waals surface area contributed by atoms with Crippen LogP contribution in [-0.2, 0) is 14.3 Å². The van der Waals surface area contributed by atoms with Gasteiger partial charge in [-0.3, -0.25) is 9.69 Å². The van der Waals surface area contributed by atoms with Gasteiger partial charge < -0.3 is 20.1 Å². The number of morpholine rings is 1. The smallest absolute Gasteiger partial charge is 0.234 e. The van der Waals surface area contributed by atoms with Crippen LogP contribution < -0.4 is 10.6 Å². The highest BCUT2D eigenvalue weighted by atomic mass is 16.5. The summed E-state index contributed by atoms with van der Waals surface area (Å²) in [5.41, 5.74) is 0. The van der Waals surface area contributed by atoms with E-state index in [1.54, 1.807) is 0 Å². The third kappa shape index (κ3) is 4.39. The van der Waals surface area contributed by atoms with Crippen molar-refractivity contribution in [2.24, 2.45) is 0 Å². The molecule has 3 aliphatic rings. The van der Waals surface area contributed by atoms with Gasteiger partial charge in [0.15, 0.2) is 0 Å². The number of nitrogens with zero attached hydrogens (tertiary/aromatic N) is 1. The molecule has 0 radical (unpaired) electrons.